The monoisotopic (exact) mass is 476 g/mol. The molecule has 0 aliphatic heterocycles. The molecule has 2 aromatic carbocycles. The van der Waals surface area contributed by atoms with Crippen LogP contribution in [0.1, 0.15) is 17.5 Å². The molecule has 0 aliphatic carbocycles. The van der Waals surface area contributed by atoms with E-state index in [2.05, 4.69) is 67.2 Å². The first-order valence-corrected chi connectivity index (χ1v) is 8.78. The summed E-state index contributed by atoms with van der Waals surface area (Å²) in [6, 6.07) is 18.7. The maximum Gasteiger partial charge on any atom is 0.191 e. The first-order valence-electron chi connectivity index (χ1n) is 8.78. The molecule has 6 nitrogen and oxygen atoms in total. The molecular weight excluding hydrogens is 451 g/mol. The predicted octanol–water partition coefficient (Wildman–Crippen LogP) is 3.39. The van der Waals surface area contributed by atoms with Crippen molar-refractivity contribution in [3.05, 3.63) is 72.1 Å². The first-order chi connectivity index (χ1) is 12.8. The van der Waals surface area contributed by atoms with Gasteiger partial charge in [-0.3, -0.25) is 10.1 Å². The van der Waals surface area contributed by atoms with Gasteiger partial charge in [-0.25, -0.2) is 4.98 Å². The van der Waals surface area contributed by atoms with E-state index in [0.717, 1.165) is 42.3 Å². The molecule has 0 bridgehead atoms. The van der Waals surface area contributed by atoms with Crippen molar-refractivity contribution in [3.8, 4) is 11.4 Å². The Hall–Kier alpha value is -2.42. The molecule has 142 valence electrons. The van der Waals surface area contributed by atoms with Gasteiger partial charge >= 0.3 is 0 Å². The van der Waals surface area contributed by atoms with Crippen LogP contribution in [0.15, 0.2) is 65.9 Å². The van der Waals surface area contributed by atoms with Crippen molar-refractivity contribution in [2.75, 3.05) is 13.6 Å². The molecule has 3 rings (SSSR count). The smallest absolute Gasteiger partial charge is 0.191 e. The highest BCUT2D eigenvalue weighted by molar-refractivity contribution is 14.0. The zero-order chi connectivity index (χ0) is 18.0. The molecule has 3 N–H and O–H groups in total. The van der Waals surface area contributed by atoms with Crippen LogP contribution < -0.4 is 10.6 Å². The number of hydrogen-bond donors (Lipinski definition) is 3. The normalized spacial score (nSPS) is 10.9. The summed E-state index contributed by atoms with van der Waals surface area (Å²) in [5, 5.41) is 13.5. The van der Waals surface area contributed by atoms with Crippen LogP contribution in [0.4, 0.5) is 0 Å². The Morgan fingerprint density at radius 3 is 2.59 bits per heavy atom. The number of guanidine groups is 1. The minimum atomic E-state index is 0. The topological polar surface area (TPSA) is 78.0 Å². The Kier molecular flexibility index (Phi) is 8.76. The number of aromatic amines is 1. The number of halogens is 1. The van der Waals surface area contributed by atoms with E-state index in [-0.39, 0.29) is 24.0 Å². The summed E-state index contributed by atoms with van der Waals surface area (Å²) in [4.78, 5) is 8.48. The lowest BCUT2D eigenvalue weighted by atomic mass is 10.1. The number of aromatic nitrogens is 3. The van der Waals surface area contributed by atoms with Crippen LogP contribution in [0.2, 0.25) is 0 Å². The van der Waals surface area contributed by atoms with Crippen molar-refractivity contribution < 1.29 is 0 Å². The maximum absolute atomic E-state index is 4.29. The second-order valence-corrected chi connectivity index (χ2v) is 5.98. The largest absolute Gasteiger partial charge is 0.356 e. The van der Waals surface area contributed by atoms with E-state index >= 15 is 0 Å². The van der Waals surface area contributed by atoms with Crippen molar-refractivity contribution in [3.63, 3.8) is 0 Å². The number of benzene rings is 2. The Bertz CT molecular complexity index is 818. The van der Waals surface area contributed by atoms with E-state index in [1.54, 1.807) is 7.05 Å². The van der Waals surface area contributed by atoms with Gasteiger partial charge in [-0.15, -0.1) is 24.0 Å². The molecule has 1 heterocycles. The average Bonchev–Trinajstić information content (AvgIpc) is 3.23. The molecule has 0 fully saturated rings. The van der Waals surface area contributed by atoms with Gasteiger partial charge in [0, 0.05) is 25.7 Å². The van der Waals surface area contributed by atoms with Crippen LogP contribution in [0.3, 0.4) is 0 Å². The number of nitrogens with zero attached hydrogens (tertiary/aromatic N) is 3. The Labute approximate surface area is 176 Å². The Morgan fingerprint density at radius 1 is 1.04 bits per heavy atom. The Morgan fingerprint density at radius 2 is 1.85 bits per heavy atom. The lowest BCUT2D eigenvalue weighted by molar-refractivity contribution is 0.742. The lowest BCUT2D eigenvalue weighted by Crippen LogP contribution is -2.37. The number of rotatable bonds is 7. The molecule has 1 aromatic heterocycles. The standard InChI is InChI=1S/C20H24N6.HI/c1-21-20(22-12-6-10-16-7-3-2-4-8-16)23-14-17-9-5-11-18(13-17)19-24-15-25-26-19;/h2-5,7-9,11,13,15H,6,10,12,14H2,1H3,(H2,21,22,23)(H,24,25,26);1H. The molecule has 0 unspecified atom stereocenters. The summed E-state index contributed by atoms with van der Waals surface area (Å²) in [6.45, 7) is 1.58. The van der Waals surface area contributed by atoms with Crippen molar-refractivity contribution in [2.24, 2.45) is 4.99 Å². The summed E-state index contributed by atoms with van der Waals surface area (Å²) in [5.74, 6) is 1.58. The second-order valence-electron chi connectivity index (χ2n) is 5.98. The van der Waals surface area contributed by atoms with Crippen LogP contribution in [0, 0.1) is 0 Å². The van der Waals surface area contributed by atoms with Gasteiger partial charge < -0.3 is 10.6 Å². The average molecular weight is 476 g/mol. The molecule has 0 atom stereocenters. The van der Waals surface area contributed by atoms with E-state index in [4.69, 9.17) is 0 Å². The van der Waals surface area contributed by atoms with Crippen LogP contribution in [0.5, 0.6) is 0 Å². The Balaban J connectivity index is 0.00000261. The van der Waals surface area contributed by atoms with Gasteiger partial charge in [0.25, 0.3) is 0 Å². The van der Waals surface area contributed by atoms with Gasteiger partial charge in [-0.1, -0.05) is 48.5 Å². The molecule has 0 saturated heterocycles. The van der Waals surface area contributed by atoms with E-state index in [1.807, 2.05) is 18.2 Å². The molecule has 7 heteroatoms. The lowest BCUT2D eigenvalue weighted by Gasteiger charge is -2.12. The minimum absolute atomic E-state index is 0. The van der Waals surface area contributed by atoms with Crippen molar-refractivity contribution in [2.45, 2.75) is 19.4 Å². The second kappa shape index (κ2) is 11.3. The van der Waals surface area contributed by atoms with E-state index < -0.39 is 0 Å². The summed E-state index contributed by atoms with van der Waals surface area (Å²) >= 11 is 0. The molecule has 3 aromatic rings. The molecule has 0 radical (unpaired) electrons. The van der Waals surface area contributed by atoms with Gasteiger partial charge in [0.1, 0.15) is 6.33 Å². The number of nitrogens with one attached hydrogen (secondary N) is 3. The molecule has 0 amide bonds. The van der Waals surface area contributed by atoms with Gasteiger partial charge in [0.05, 0.1) is 0 Å². The zero-order valence-corrected chi connectivity index (χ0v) is 17.7. The van der Waals surface area contributed by atoms with Crippen molar-refractivity contribution in [1.29, 1.82) is 0 Å². The highest BCUT2D eigenvalue weighted by atomic mass is 127. The van der Waals surface area contributed by atoms with Crippen LogP contribution in [-0.4, -0.2) is 34.7 Å². The fourth-order valence-electron chi connectivity index (χ4n) is 2.72. The summed E-state index contributed by atoms with van der Waals surface area (Å²) in [7, 11) is 1.79. The molecule has 0 spiro atoms. The highest BCUT2D eigenvalue weighted by Gasteiger charge is 2.03. The van der Waals surface area contributed by atoms with Gasteiger partial charge in [-0.05, 0) is 30.0 Å². The number of aliphatic imine (C=N–C) groups is 1. The third-order valence-electron chi connectivity index (χ3n) is 4.08. The third-order valence-corrected chi connectivity index (χ3v) is 4.08. The fourth-order valence-corrected chi connectivity index (χ4v) is 2.72. The minimum Gasteiger partial charge on any atom is -0.356 e. The molecule has 0 saturated carbocycles. The highest BCUT2D eigenvalue weighted by Crippen LogP contribution is 2.15. The van der Waals surface area contributed by atoms with Gasteiger partial charge in [0.2, 0.25) is 0 Å². The molecule has 0 aliphatic rings. The zero-order valence-electron chi connectivity index (χ0n) is 15.4. The molecule has 27 heavy (non-hydrogen) atoms. The summed E-state index contributed by atoms with van der Waals surface area (Å²) < 4.78 is 0. The van der Waals surface area contributed by atoms with E-state index in [0.29, 0.717) is 6.54 Å². The summed E-state index contributed by atoms with van der Waals surface area (Å²) in [6.07, 6.45) is 3.64. The molecular formula is C20H25IN6. The quantitative estimate of drug-likeness (QED) is 0.212. The number of H-pyrrole nitrogens is 1. The van der Waals surface area contributed by atoms with Gasteiger partial charge in [0.15, 0.2) is 11.8 Å². The van der Waals surface area contributed by atoms with Crippen LogP contribution in [-0.2, 0) is 13.0 Å². The van der Waals surface area contributed by atoms with Crippen LogP contribution >= 0.6 is 24.0 Å². The van der Waals surface area contributed by atoms with E-state index in [1.165, 1.54) is 11.9 Å². The summed E-state index contributed by atoms with van der Waals surface area (Å²) in [5.41, 5.74) is 3.54. The predicted molar refractivity (Wildman–Crippen MR) is 120 cm³/mol. The SMILES string of the molecule is CN=C(NCCCc1ccccc1)NCc1cccc(-c2ncn[nH]2)c1.I. The van der Waals surface area contributed by atoms with Crippen LogP contribution in [0.25, 0.3) is 11.4 Å². The van der Waals surface area contributed by atoms with E-state index in [9.17, 15) is 0 Å². The van der Waals surface area contributed by atoms with Gasteiger partial charge in [-0.2, -0.15) is 5.10 Å². The number of aryl methyl sites for hydroxylation is 1. The first kappa shape index (κ1) is 20.9. The fraction of sp³-hybridized carbons (Fsp3) is 0.250. The maximum atomic E-state index is 4.29. The van der Waals surface area contributed by atoms with Crippen molar-refractivity contribution >= 4 is 29.9 Å². The third kappa shape index (κ3) is 6.67. The number of hydrogen-bond acceptors (Lipinski definition) is 3. The van der Waals surface area contributed by atoms with Crippen molar-refractivity contribution in [1.82, 2.24) is 25.8 Å².